The minimum absolute atomic E-state index is 0.151. The standard InChI is InChI=1S/C13H20N2OS/c1-2-11(12-6-4-8-17-12)15-13(16)10-5-3-7-14-9-10/h4,6,8,10-11,14H,2-3,5,7,9H2,1H3,(H,15,16)/t10-,11?/m0/s1. The third kappa shape index (κ3) is 3.30. The van der Waals surface area contributed by atoms with Crippen molar-refractivity contribution >= 4 is 17.2 Å². The molecule has 3 nitrogen and oxygen atoms in total. The summed E-state index contributed by atoms with van der Waals surface area (Å²) in [5.41, 5.74) is 0. The number of piperidine rings is 1. The SMILES string of the molecule is CCC(NC(=O)[C@H]1CCCNC1)c1cccs1. The molecule has 1 saturated heterocycles. The van der Waals surface area contributed by atoms with E-state index in [4.69, 9.17) is 0 Å². The van der Waals surface area contributed by atoms with Crippen molar-refractivity contribution in [2.45, 2.75) is 32.2 Å². The minimum Gasteiger partial charge on any atom is -0.348 e. The summed E-state index contributed by atoms with van der Waals surface area (Å²) in [4.78, 5) is 13.4. The Hall–Kier alpha value is -0.870. The molecule has 2 heterocycles. The van der Waals surface area contributed by atoms with Crippen LogP contribution in [0.5, 0.6) is 0 Å². The molecule has 94 valence electrons. The van der Waals surface area contributed by atoms with Crippen LogP contribution in [0.1, 0.15) is 37.1 Å². The molecule has 1 aromatic rings. The van der Waals surface area contributed by atoms with Crippen molar-refractivity contribution in [1.82, 2.24) is 10.6 Å². The molecule has 1 aliphatic rings. The van der Waals surface area contributed by atoms with Crippen molar-refractivity contribution in [2.75, 3.05) is 13.1 Å². The van der Waals surface area contributed by atoms with E-state index in [-0.39, 0.29) is 17.9 Å². The smallest absolute Gasteiger partial charge is 0.224 e. The minimum atomic E-state index is 0.151. The van der Waals surface area contributed by atoms with Gasteiger partial charge >= 0.3 is 0 Å². The third-order valence-electron chi connectivity index (χ3n) is 3.28. The Labute approximate surface area is 107 Å². The molecule has 4 heteroatoms. The summed E-state index contributed by atoms with van der Waals surface area (Å²) in [6.45, 7) is 3.99. The van der Waals surface area contributed by atoms with Crippen LogP contribution in [0.15, 0.2) is 17.5 Å². The van der Waals surface area contributed by atoms with Gasteiger partial charge in [0.1, 0.15) is 0 Å². The van der Waals surface area contributed by atoms with Crippen molar-refractivity contribution in [3.63, 3.8) is 0 Å². The molecule has 1 unspecified atom stereocenters. The van der Waals surface area contributed by atoms with Gasteiger partial charge in [0.05, 0.1) is 12.0 Å². The monoisotopic (exact) mass is 252 g/mol. The lowest BCUT2D eigenvalue weighted by atomic mass is 9.98. The molecule has 0 saturated carbocycles. The summed E-state index contributed by atoms with van der Waals surface area (Å²) in [6, 6.07) is 4.32. The van der Waals surface area contributed by atoms with Crippen LogP contribution in [0, 0.1) is 5.92 Å². The van der Waals surface area contributed by atoms with Gasteiger partial charge in [0.25, 0.3) is 0 Å². The van der Waals surface area contributed by atoms with E-state index in [9.17, 15) is 4.79 Å². The molecule has 17 heavy (non-hydrogen) atoms. The molecular formula is C13H20N2OS. The van der Waals surface area contributed by atoms with E-state index in [1.807, 2.05) is 6.07 Å². The zero-order valence-corrected chi connectivity index (χ0v) is 11.1. The summed E-state index contributed by atoms with van der Waals surface area (Å²) in [5, 5.41) is 8.52. The van der Waals surface area contributed by atoms with Gasteiger partial charge in [-0.2, -0.15) is 0 Å². The first-order valence-corrected chi connectivity index (χ1v) is 7.23. The number of thiophene rings is 1. The summed E-state index contributed by atoms with van der Waals surface area (Å²) >= 11 is 1.71. The molecule has 1 amide bonds. The Kier molecular flexibility index (Phi) is 4.57. The van der Waals surface area contributed by atoms with E-state index in [0.29, 0.717) is 0 Å². The Morgan fingerprint density at radius 1 is 1.71 bits per heavy atom. The van der Waals surface area contributed by atoms with Crippen LogP contribution in [0.25, 0.3) is 0 Å². The molecule has 1 aliphatic heterocycles. The quantitative estimate of drug-likeness (QED) is 0.863. The second-order valence-electron chi connectivity index (χ2n) is 4.53. The van der Waals surface area contributed by atoms with Crippen molar-refractivity contribution < 1.29 is 4.79 Å². The summed E-state index contributed by atoms with van der Waals surface area (Å²) < 4.78 is 0. The van der Waals surface area contributed by atoms with Gasteiger partial charge in [-0.1, -0.05) is 13.0 Å². The fourth-order valence-corrected chi connectivity index (χ4v) is 3.09. The number of hydrogen-bond acceptors (Lipinski definition) is 3. The molecule has 1 fully saturated rings. The fraction of sp³-hybridized carbons (Fsp3) is 0.615. The third-order valence-corrected chi connectivity index (χ3v) is 4.27. The highest BCUT2D eigenvalue weighted by molar-refractivity contribution is 7.10. The summed E-state index contributed by atoms with van der Waals surface area (Å²) in [7, 11) is 0. The molecule has 1 aromatic heterocycles. The molecule has 0 bridgehead atoms. The largest absolute Gasteiger partial charge is 0.348 e. The maximum absolute atomic E-state index is 12.1. The van der Waals surface area contributed by atoms with Crippen LogP contribution >= 0.6 is 11.3 Å². The lowest BCUT2D eigenvalue weighted by Crippen LogP contribution is -2.41. The van der Waals surface area contributed by atoms with E-state index >= 15 is 0 Å². The fourth-order valence-electron chi connectivity index (χ4n) is 2.23. The van der Waals surface area contributed by atoms with Gasteiger partial charge in [0, 0.05) is 11.4 Å². The Morgan fingerprint density at radius 3 is 3.18 bits per heavy atom. The zero-order chi connectivity index (χ0) is 12.1. The van der Waals surface area contributed by atoms with Gasteiger partial charge in [-0.05, 0) is 37.3 Å². The van der Waals surface area contributed by atoms with E-state index in [1.54, 1.807) is 11.3 Å². The first-order valence-electron chi connectivity index (χ1n) is 6.35. The zero-order valence-electron chi connectivity index (χ0n) is 10.2. The molecule has 2 N–H and O–H groups in total. The number of nitrogens with one attached hydrogen (secondary N) is 2. The van der Waals surface area contributed by atoms with Crippen LogP contribution in [-0.4, -0.2) is 19.0 Å². The lowest BCUT2D eigenvalue weighted by molar-refractivity contribution is -0.126. The lowest BCUT2D eigenvalue weighted by Gasteiger charge is -2.24. The number of hydrogen-bond donors (Lipinski definition) is 2. The highest BCUT2D eigenvalue weighted by Gasteiger charge is 2.23. The van der Waals surface area contributed by atoms with Crippen molar-refractivity contribution in [3.8, 4) is 0 Å². The highest BCUT2D eigenvalue weighted by Crippen LogP contribution is 2.22. The number of carbonyl (C=O) groups excluding carboxylic acids is 1. The van der Waals surface area contributed by atoms with Gasteiger partial charge in [-0.25, -0.2) is 0 Å². The van der Waals surface area contributed by atoms with Crippen LogP contribution in [-0.2, 0) is 4.79 Å². The van der Waals surface area contributed by atoms with Gasteiger partial charge in [-0.15, -0.1) is 11.3 Å². The average Bonchev–Trinajstić information content (AvgIpc) is 2.90. The first-order chi connectivity index (χ1) is 8.31. The number of amides is 1. The number of rotatable bonds is 4. The van der Waals surface area contributed by atoms with E-state index < -0.39 is 0 Å². The Balaban J connectivity index is 1.92. The predicted molar refractivity (Wildman–Crippen MR) is 71.1 cm³/mol. The second kappa shape index (κ2) is 6.17. The van der Waals surface area contributed by atoms with Crippen LogP contribution in [0.3, 0.4) is 0 Å². The van der Waals surface area contributed by atoms with Crippen LogP contribution in [0.4, 0.5) is 0 Å². The topological polar surface area (TPSA) is 41.1 Å². The van der Waals surface area contributed by atoms with Crippen LogP contribution < -0.4 is 10.6 Å². The Morgan fingerprint density at radius 2 is 2.59 bits per heavy atom. The van der Waals surface area contributed by atoms with E-state index in [0.717, 1.165) is 32.4 Å². The number of carbonyl (C=O) groups is 1. The highest BCUT2D eigenvalue weighted by atomic mass is 32.1. The molecule has 0 spiro atoms. The van der Waals surface area contributed by atoms with Crippen molar-refractivity contribution in [1.29, 1.82) is 0 Å². The van der Waals surface area contributed by atoms with Crippen LogP contribution in [0.2, 0.25) is 0 Å². The normalized spacial score (nSPS) is 22.1. The molecular weight excluding hydrogens is 232 g/mol. The van der Waals surface area contributed by atoms with E-state index in [1.165, 1.54) is 4.88 Å². The molecule has 2 atom stereocenters. The maximum atomic E-state index is 12.1. The van der Waals surface area contributed by atoms with Gasteiger partial charge < -0.3 is 10.6 Å². The van der Waals surface area contributed by atoms with Gasteiger partial charge in [-0.3, -0.25) is 4.79 Å². The van der Waals surface area contributed by atoms with Crippen molar-refractivity contribution in [2.24, 2.45) is 5.92 Å². The molecule has 0 radical (unpaired) electrons. The molecule has 2 rings (SSSR count). The van der Waals surface area contributed by atoms with E-state index in [2.05, 4.69) is 29.0 Å². The molecule has 0 aliphatic carbocycles. The first kappa shape index (κ1) is 12.6. The summed E-state index contributed by atoms with van der Waals surface area (Å²) in [5.74, 6) is 0.357. The predicted octanol–water partition coefficient (Wildman–Crippen LogP) is 2.31. The van der Waals surface area contributed by atoms with Gasteiger partial charge in [0.15, 0.2) is 0 Å². The Bertz CT molecular complexity index is 344. The average molecular weight is 252 g/mol. The maximum Gasteiger partial charge on any atom is 0.224 e. The summed E-state index contributed by atoms with van der Waals surface area (Å²) in [6.07, 6.45) is 3.07. The van der Waals surface area contributed by atoms with Crippen molar-refractivity contribution in [3.05, 3.63) is 22.4 Å². The second-order valence-corrected chi connectivity index (χ2v) is 5.51. The van der Waals surface area contributed by atoms with Gasteiger partial charge in [0.2, 0.25) is 5.91 Å². The molecule has 0 aromatic carbocycles.